The fourth-order valence-electron chi connectivity index (χ4n) is 3.26. The predicted octanol–water partition coefficient (Wildman–Crippen LogP) is 1.61. The van der Waals surface area contributed by atoms with E-state index in [1.807, 2.05) is 29.2 Å². The summed E-state index contributed by atoms with van der Waals surface area (Å²) in [5.41, 5.74) is 2.47. The molecule has 2 N–H and O–H groups in total. The van der Waals surface area contributed by atoms with E-state index in [0.717, 1.165) is 21.3 Å². The zero-order valence-electron chi connectivity index (χ0n) is 15.2. The monoisotopic (exact) mass is 476 g/mol. The van der Waals surface area contributed by atoms with Crippen molar-refractivity contribution in [3.63, 3.8) is 0 Å². The standard InChI is InChI=1S/C17H17BrN8O2S/c18-11-9-20-26-15(11)23-17(25-5-7-29(27,28)8-6-25)24-16(26)19-10-14-21-12-3-1-2-4-13(12)22-14/h1-4,9H,5-8,10H2,(H,21,22)(H,19,23,24). The van der Waals surface area contributed by atoms with Crippen LogP contribution in [0.3, 0.4) is 0 Å². The van der Waals surface area contributed by atoms with Crippen LogP contribution in [0.4, 0.5) is 11.9 Å². The maximum absolute atomic E-state index is 11.7. The SMILES string of the molecule is O=S1(=O)CCN(c2nc(NCc3nc4ccccc4[nH]3)n3ncc(Br)c3n2)CC1. The molecule has 1 aliphatic rings. The van der Waals surface area contributed by atoms with Gasteiger partial charge in [-0.3, -0.25) is 0 Å². The molecule has 5 rings (SSSR count). The summed E-state index contributed by atoms with van der Waals surface area (Å²) < 4.78 is 25.8. The maximum atomic E-state index is 11.7. The number of sulfone groups is 1. The number of rotatable bonds is 4. The first-order valence-corrected chi connectivity index (χ1v) is 11.6. The number of hydrogen-bond acceptors (Lipinski definition) is 8. The zero-order chi connectivity index (χ0) is 20.0. The molecule has 0 saturated carbocycles. The topological polar surface area (TPSA) is 121 Å². The van der Waals surface area contributed by atoms with E-state index in [4.69, 9.17) is 0 Å². The molecule has 4 aromatic rings. The van der Waals surface area contributed by atoms with Gasteiger partial charge in [0.25, 0.3) is 0 Å². The highest BCUT2D eigenvalue weighted by atomic mass is 79.9. The van der Waals surface area contributed by atoms with Gasteiger partial charge in [0, 0.05) is 13.1 Å². The Morgan fingerprint density at radius 2 is 1.93 bits per heavy atom. The number of H-pyrrole nitrogens is 1. The molecule has 12 heteroatoms. The van der Waals surface area contributed by atoms with Crippen molar-refractivity contribution >= 4 is 54.3 Å². The van der Waals surface area contributed by atoms with E-state index in [9.17, 15) is 8.42 Å². The van der Waals surface area contributed by atoms with Gasteiger partial charge in [0.15, 0.2) is 15.5 Å². The number of hydrogen-bond donors (Lipinski definition) is 2. The lowest BCUT2D eigenvalue weighted by atomic mass is 10.3. The number of anilines is 2. The quantitative estimate of drug-likeness (QED) is 0.455. The van der Waals surface area contributed by atoms with Gasteiger partial charge in [0.1, 0.15) is 5.82 Å². The zero-order valence-corrected chi connectivity index (χ0v) is 17.6. The van der Waals surface area contributed by atoms with Gasteiger partial charge >= 0.3 is 0 Å². The van der Waals surface area contributed by atoms with E-state index in [1.54, 1.807) is 10.7 Å². The molecule has 0 aliphatic carbocycles. The summed E-state index contributed by atoms with van der Waals surface area (Å²) >= 11 is 3.46. The number of para-hydroxylation sites is 2. The van der Waals surface area contributed by atoms with Gasteiger partial charge in [-0.1, -0.05) is 12.1 Å². The molecule has 4 heterocycles. The minimum atomic E-state index is -2.98. The largest absolute Gasteiger partial charge is 0.347 e. The molecule has 0 unspecified atom stereocenters. The molecule has 0 atom stereocenters. The molecule has 0 spiro atoms. The molecule has 29 heavy (non-hydrogen) atoms. The lowest BCUT2D eigenvalue weighted by Gasteiger charge is -2.27. The number of benzene rings is 1. The number of aromatic amines is 1. The van der Waals surface area contributed by atoms with Crippen molar-refractivity contribution in [3.8, 4) is 0 Å². The van der Waals surface area contributed by atoms with Crippen LogP contribution in [0.1, 0.15) is 5.82 Å². The van der Waals surface area contributed by atoms with Crippen LogP contribution in [0.25, 0.3) is 16.7 Å². The van der Waals surface area contributed by atoms with E-state index in [0.29, 0.717) is 37.2 Å². The van der Waals surface area contributed by atoms with Gasteiger partial charge in [-0.2, -0.15) is 19.6 Å². The third-order valence-corrected chi connectivity index (χ3v) is 6.96. The number of fused-ring (bicyclic) bond motifs is 2. The van der Waals surface area contributed by atoms with Crippen molar-refractivity contribution in [2.45, 2.75) is 6.54 Å². The van der Waals surface area contributed by atoms with Crippen molar-refractivity contribution < 1.29 is 8.42 Å². The minimum Gasteiger partial charge on any atom is -0.347 e. The van der Waals surface area contributed by atoms with Gasteiger partial charge in [-0.15, -0.1) is 0 Å². The van der Waals surface area contributed by atoms with E-state index < -0.39 is 9.84 Å². The first kappa shape index (κ1) is 18.3. The molecule has 0 bridgehead atoms. The molecular weight excluding hydrogens is 460 g/mol. The van der Waals surface area contributed by atoms with Crippen LogP contribution < -0.4 is 10.2 Å². The second-order valence-corrected chi connectivity index (χ2v) is 9.93. The molecule has 1 saturated heterocycles. The summed E-state index contributed by atoms with van der Waals surface area (Å²) in [5, 5.41) is 7.58. The van der Waals surface area contributed by atoms with E-state index in [2.05, 4.69) is 46.3 Å². The fourth-order valence-corrected chi connectivity index (χ4v) is 4.81. The number of aromatic nitrogens is 6. The number of imidazole rings is 1. The Labute approximate surface area is 174 Å². The molecule has 150 valence electrons. The number of nitrogens with one attached hydrogen (secondary N) is 2. The van der Waals surface area contributed by atoms with Crippen LogP contribution in [0.5, 0.6) is 0 Å². The van der Waals surface area contributed by atoms with Crippen LogP contribution in [-0.2, 0) is 16.4 Å². The third-order valence-electron chi connectivity index (χ3n) is 4.79. The molecule has 1 aliphatic heterocycles. The van der Waals surface area contributed by atoms with Gasteiger partial charge in [0.2, 0.25) is 11.9 Å². The molecule has 0 amide bonds. The lowest BCUT2D eigenvalue weighted by Crippen LogP contribution is -2.41. The maximum Gasteiger partial charge on any atom is 0.230 e. The second-order valence-electron chi connectivity index (χ2n) is 6.77. The van der Waals surface area contributed by atoms with E-state index >= 15 is 0 Å². The van der Waals surface area contributed by atoms with Crippen molar-refractivity contribution in [1.82, 2.24) is 29.5 Å². The molecule has 10 nitrogen and oxygen atoms in total. The Balaban J connectivity index is 1.45. The summed E-state index contributed by atoms with van der Waals surface area (Å²) in [6.45, 7) is 1.16. The third kappa shape index (κ3) is 3.53. The summed E-state index contributed by atoms with van der Waals surface area (Å²) in [6.07, 6.45) is 1.65. The van der Waals surface area contributed by atoms with Crippen molar-refractivity contribution in [2.24, 2.45) is 0 Å². The highest BCUT2D eigenvalue weighted by molar-refractivity contribution is 9.10. The molecule has 0 radical (unpaired) electrons. The minimum absolute atomic E-state index is 0.101. The van der Waals surface area contributed by atoms with Crippen molar-refractivity contribution in [2.75, 3.05) is 34.8 Å². The second kappa shape index (κ2) is 6.95. The lowest BCUT2D eigenvalue weighted by molar-refractivity contribution is 0.585. The molecule has 1 fully saturated rings. The van der Waals surface area contributed by atoms with Gasteiger partial charge in [-0.05, 0) is 28.1 Å². The molecule has 3 aromatic heterocycles. The summed E-state index contributed by atoms with van der Waals surface area (Å²) in [4.78, 5) is 18.9. The van der Waals surface area contributed by atoms with Crippen LogP contribution in [0.2, 0.25) is 0 Å². The summed E-state index contributed by atoms with van der Waals surface area (Å²) in [5.74, 6) is 1.95. The highest BCUT2D eigenvalue weighted by Gasteiger charge is 2.25. The van der Waals surface area contributed by atoms with Crippen LogP contribution in [-0.4, -0.2) is 62.6 Å². The average molecular weight is 477 g/mol. The van der Waals surface area contributed by atoms with Gasteiger partial charge < -0.3 is 15.2 Å². The summed E-state index contributed by atoms with van der Waals surface area (Å²) in [6, 6.07) is 7.83. The molecule has 1 aromatic carbocycles. The first-order chi connectivity index (χ1) is 14.0. The van der Waals surface area contributed by atoms with Gasteiger partial charge in [-0.25, -0.2) is 13.4 Å². The van der Waals surface area contributed by atoms with Crippen LogP contribution >= 0.6 is 15.9 Å². The highest BCUT2D eigenvalue weighted by Crippen LogP contribution is 2.23. The van der Waals surface area contributed by atoms with E-state index in [1.165, 1.54) is 0 Å². The Morgan fingerprint density at radius 1 is 1.14 bits per heavy atom. The van der Waals surface area contributed by atoms with Crippen LogP contribution in [0, 0.1) is 0 Å². The van der Waals surface area contributed by atoms with Crippen molar-refractivity contribution in [1.29, 1.82) is 0 Å². The first-order valence-electron chi connectivity index (χ1n) is 9.03. The number of nitrogens with zero attached hydrogens (tertiary/aromatic N) is 6. The predicted molar refractivity (Wildman–Crippen MR) is 113 cm³/mol. The van der Waals surface area contributed by atoms with Crippen molar-refractivity contribution in [3.05, 3.63) is 40.8 Å². The Kier molecular flexibility index (Phi) is 4.39. The average Bonchev–Trinajstić information content (AvgIpc) is 3.29. The van der Waals surface area contributed by atoms with Gasteiger partial charge in [0.05, 0.1) is 39.8 Å². The fraction of sp³-hybridized carbons (Fsp3) is 0.294. The normalized spacial score (nSPS) is 16.5. The Hall–Kier alpha value is -2.73. The van der Waals surface area contributed by atoms with Crippen LogP contribution in [0.15, 0.2) is 34.9 Å². The summed E-state index contributed by atoms with van der Waals surface area (Å²) in [7, 11) is -2.98. The Morgan fingerprint density at radius 3 is 2.72 bits per heavy atom. The Bertz CT molecular complexity index is 1270. The number of halogens is 1. The smallest absolute Gasteiger partial charge is 0.230 e. The van der Waals surface area contributed by atoms with E-state index in [-0.39, 0.29) is 11.5 Å². The molecular formula is C17H17BrN8O2S.